The van der Waals surface area contributed by atoms with Gasteiger partial charge in [-0.3, -0.25) is 4.79 Å². The van der Waals surface area contributed by atoms with Gasteiger partial charge in [0.2, 0.25) is 0 Å². The molecule has 14 heavy (non-hydrogen) atoms. The van der Waals surface area contributed by atoms with Crippen molar-refractivity contribution in [2.45, 2.75) is 67.2 Å². The number of hydrogen-bond donors (Lipinski definition) is 1. The van der Waals surface area contributed by atoms with Crippen LogP contribution in [0.15, 0.2) is 0 Å². The van der Waals surface area contributed by atoms with Gasteiger partial charge < -0.3 is 5.11 Å². The molecule has 0 spiro atoms. The van der Waals surface area contributed by atoms with Gasteiger partial charge in [-0.2, -0.15) is 0 Å². The molecule has 0 bridgehead atoms. The Morgan fingerprint density at radius 2 is 1.36 bits per heavy atom. The van der Waals surface area contributed by atoms with Crippen molar-refractivity contribution in [2.75, 3.05) is 0 Å². The molecule has 0 heterocycles. The molecule has 0 aromatic heterocycles. The molecule has 0 atom stereocenters. The van der Waals surface area contributed by atoms with E-state index in [1.54, 1.807) is 0 Å². The topological polar surface area (TPSA) is 37.3 Å². The van der Waals surface area contributed by atoms with Crippen LogP contribution in [0, 0.1) is 5.92 Å². The molecule has 0 unspecified atom stereocenters. The van der Waals surface area contributed by atoms with Crippen LogP contribution in [-0.4, -0.2) is 11.1 Å². The van der Waals surface area contributed by atoms with E-state index in [0.717, 1.165) is 12.8 Å². The molecule has 2 heteroatoms. The number of carbonyl (C=O) groups is 1. The molecule has 0 fully saturated rings. The molecule has 0 amide bonds. The van der Waals surface area contributed by atoms with Gasteiger partial charge in [-0.05, 0) is 5.92 Å². The average Bonchev–Trinajstić information content (AvgIpc) is 2.08. The Labute approximate surface area is 89.7 Å². The van der Waals surface area contributed by atoms with E-state index in [-0.39, 0.29) is 0 Å². The van der Waals surface area contributed by atoms with Crippen molar-refractivity contribution < 1.29 is 9.90 Å². The maximum Gasteiger partial charge on any atom is 0.300 e. The molecule has 88 valence electrons. The molecule has 0 saturated heterocycles. The zero-order valence-corrected chi connectivity index (χ0v) is 10.8. The van der Waals surface area contributed by atoms with E-state index >= 15 is 0 Å². The molecule has 0 aliphatic carbocycles. The van der Waals surface area contributed by atoms with Gasteiger partial charge in [-0.25, -0.2) is 0 Å². The molecule has 0 radical (unpaired) electrons. The van der Waals surface area contributed by atoms with Gasteiger partial charge in [0.05, 0.1) is 0 Å². The lowest BCUT2D eigenvalue weighted by molar-refractivity contribution is -0.134. The number of aliphatic carboxylic acids is 1. The van der Waals surface area contributed by atoms with Gasteiger partial charge in [0.25, 0.3) is 5.97 Å². The Kier molecular flexibility index (Phi) is 25.0. The summed E-state index contributed by atoms with van der Waals surface area (Å²) in [5.74, 6) is 0.130. The van der Waals surface area contributed by atoms with Crippen molar-refractivity contribution in [2.24, 2.45) is 5.92 Å². The van der Waals surface area contributed by atoms with Crippen LogP contribution in [0.1, 0.15) is 67.2 Å². The molecular formula is C12H28O2. The standard InChI is InChI=1S/C8H18.C2H4O2.C2H6/c1-4-6-8(3)7-5-2;1-2(3)4;1-2/h8H,4-7H2,1-3H3;1H3,(H,3,4);1-2H3. The SMILES string of the molecule is CC.CC(=O)O.CCCC(C)CCC. The average molecular weight is 204 g/mol. The highest BCUT2D eigenvalue weighted by Crippen LogP contribution is 2.10. The van der Waals surface area contributed by atoms with Gasteiger partial charge in [0, 0.05) is 6.92 Å². The number of hydrogen-bond acceptors (Lipinski definition) is 1. The Hall–Kier alpha value is -0.530. The summed E-state index contributed by atoms with van der Waals surface area (Å²) >= 11 is 0. The molecule has 0 rings (SSSR count). The van der Waals surface area contributed by atoms with Crippen molar-refractivity contribution in [1.29, 1.82) is 0 Å². The Balaban J connectivity index is -0.000000170. The highest BCUT2D eigenvalue weighted by atomic mass is 16.4. The normalized spacial score (nSPS) is 8.21. The lowest BCUT2D eigenvalue weighted by Gasteiger charge is -2.05. The maximum atomic E-state index is 9.00. The lowest BCUT2D eigenvalue weighted by Crippen LogP contribution is -1.91. The first-order valence-electron chi connectivity index (χ1n) is 5.74. The van der Waals surface area contributed by atoms with E-state index in [2.05, 4.69) is 20.8 Å². The second-order valence-electron chi connectivity index (χ2n) is 3.20. The van der Waals surface area contributed by atoms with Gasteiger partial charge >= 0.3 is 0 Å². The first kappa shape index (κ1) is 19.1. The van der Waals surface area contributed by atoms with Crippen molar-refractivity contribution in [3.05, 3.63) is 0 Å². The first-order valence-corrected chi connectivity index (χ1v) is 5.74. The summed E-state index contributed by atoms with van der Waals surface area (Å²) in [5.41, 5.74) is 0. The van der Waals surface area contributed by atoms with Crippen LogP contribution < -0.4 is 0 Å². The Bertz CT molecular complexity index is 90.5. The highest BCUT2D eigenvalue weighted by Gasteiger charge is 1.95. The van der Waals surface area contributed by atoms with E-state index < -0.39 is 5.97 Å². The Morgan fingerprint density at radius 3 is 1.50 bits per heavy atom. The molecule has 0 aromatic carbocycles. The number of carboxylic acids is 1. The third-order valence-electron chi connectivity index (χ3n) is 1.56. The van der Waals surface area contributed by atoms with E-state index in [4.69, 9.17) is 9.90 Å². The predicted molar refractivity (Wildman–Crippen MR) is 63.6 cm³/mol. The molecular weight excluding hydrogens is 176 g/mol. The van der Waals surface area contributed by atoms with Gasteiger partial charge in [-0.1, -0.05) is 60.3 Å². The van der Waals surface area contributed by atoms with Gasteiger partial charge in [0.15, 0.2) is 0 Å². The van der Waals surface area contributed by atoms with E-state index in [9.17, 15) is 0 Å². The van der Waals surface area contributed by atoms with Crippen molar-refractivity contribution >= 4 is 5.97 Å². The molecule has 0 aliphatic rings. The second kappa shape index (κ2) is 18.3. The minimum Gasteiger partial charge on any atom is -0.481 e. The summed E-state index contributed by atoms with van der Waals surface area (Å²) in [4.78, 5) is 9.00. The van der Waals surface area contributed by atoms with Crippen LogP contribution in [0.5, 0.6) is 0 Å². The van der Waals surface area contributed by atoms with Crippen LogP contribution in [0.4, 0.5) is 0 Å². The highest BCUT2D eigenvalue weighted by molar-refractivity contribution is 5.62. The summed E-state index contributed by atoms with van der Waals surface area (Å²) in [7, 11) is 0. The first-order chi connectivity index (χ1) is 6.54. The zero-order chi connectivity index (χ0) is 12.0. The smallest absolute Gasteiger partial charge is 0.300 e. The monoisotopic (exact) mass is 204 g/mol. The van der Waals surface area contributed by atoms with Crippen LogP contribution in [-0.2, 0) is 4.79 Å². The van der Waals surface area contributed by atoms with Crippen molar-refractivity contribution in [1.82, 2.24) is 0 Å². The van der Waals surface area contributed by atoms with E-state index in [0.29, 0.717) is 0 Å². The summed E-state index contributed by atoms with van der Waals surface area (Å²) < 4.78 is 0. The Morgan fingerprint density at radius 1 is 1.14 bits per heavy atom. The van der Waals surface area contributed by atoms with Crippen LogP contribution in [0.2, 0.25) is 0 Å². The molecule has 0 aromatic rings. The fourth-order valence-electron chi connectivity index (χ4n) is 1.13. The van der Waals surface area contributed by atoms with E-state index in [1.807, 2.05) is 13.8 Å². The molecule has 2 nitrogen and oxygen atoms in total. The van der Waals surface area contributed by atoms with Crippen LogP contribution in [0.3, 0.4) is 0 Å². The number of rotatable bonds is 4. The molecule has 0 aliphatic heterocycles. The molecule has 1 N–H and O–H groups in total. The van der Waals surface area contributed by atoms with Crippen molar-refractivity contribution in [3.8, 4) is 0 Å². The minimum atomic E-state index is -0.833. The quantitative estimate of drug-likeness (QED) is 0.739. The second-order valence-corrected chi connectivity index (χ2v) is 3.20. The largest absolute Gasteiger partial charge is 0.481 e. The molecule has 0 saturated carbocycles. The van der Waals surface area contributed by atoms with Crippen LogP contribution >= 0.6 is 0 Å². The summed E-state index contributed by atoms with van der Waals surface area (Å²) in [5, 5.41) is 7.42. The van der Waals surface area contributed by atoms with Gasteiger partial charge in [-0.15, -0.1) is 0 Å². The minimum absolute atomic E-state index is 0.833. The predicted octanol–water partition coefficient (Wildman–Crippen LogP) is 4.34. The van der Waals surface area contributed by atoms with Gasteiger partial charge in [0.1, 0.15) is 0 Å². The summed E-state index contributed by atoms with van der Waals surface area (Å²) in [6, 6.07) is 0. The fourth-order valence-corrected chi connectivity index (χ4v) is 1.13. The van der Waals surface area contributed by atoms with Crippen LogP contribution in [0.25, 0.3) is 0 Å². The maximum absolute atomic E-state index is 9.00. The fraction of sp³-hybridized carbons (Fsp3) is 0.917. The summed E-state index contributed by atoms with van der Waals surface area (Å²) in [6.07, 6.45) is 5.52. The number of carboxylic acid groups (broad SMARTS) is 1. The van der Waals surface area contributed by atoms with Crippen molar-refractivity contribution in [3.63, 3.8) is 0 Å². The summed E-state index contributed by atoms with van der Waals surface area (Å²) in [6.45, 7) is 11.9. The third-order valence-corrected chi connectivity index (χ3v) is 1.56. The lowest BCUT2D eigenvalue weighted by atomic mass is 10.0. The van der Waals surface area contributed by atoms with E-state index in [1.165, 1.54) is 25.7 Å². The zero-order valence-electron chi connectivity index (χ0n) is 10.8. The third kappa shape index (κ3) is 42.0.